The summed E-state index contributed by atoms with van der Waals surface area (Å²) in [4.78, 5) is 23.1. The predicted octanol–water partition coefficient (Wildman–Crippen LogP) is 3.11. The van der Waals surface area contributed by atoms with Crippen LogP contribution < -0.4 is 0 Å². The molecule has 0 aromatic rings. The van der Waals surface area contributed by atoms with Gasteiger partial charge in [-0.1, -0.05) is 20.3 Å². The Balaban J connectivity index is 2.51. The molecule has 0 spiro atoms. The van der Waals surface area contributed by atoms with Gasteiger partial charge in [0.05, 0.1) is 5.92 Å². The second kappa shape index (κ2) is 6.77. The van der Waals surface area contributed by atoms with E-state index in [1.54, 1.807) is 6.92 Å². The molecule has 3 atom stereocenters. The normalized spacial score (nSPS) is 28.8. The lowest BCUT2D eigenvalue weighted by molar-refractivity contribution is -0.156. The van der Waals surface area contributed by atoms with Crippen molar-refractivity contribution in [2.24, 2.45) is 11.8 Å². The first kappa shape index (κ1) is 14.2. The summed E-state index contributed by atoms with van der Waals surface area (Å²) >= 11 is 0. The van der Waals surface area contributed by atoms with Crippen molar-refractivity contribution in [3.63, 3.8) is 0 Å². The van der Waals surface area contributed by atoms with Gasteiger partial charge < -0.3 is 4.74 Å². The van der Waals surface area contributed by atoms with Crippen molar-refractivity contribution in [2.75, 3.05) is 0 Å². The highest BCUT2D eigenvalue weighted by atomic mass is 16.5. The number of ether oxygens (including phenoxy) is 1. The number of ketones is 1. The van der Waals surface area contributed by atoms with Gasteiger partial charge in [0.25, 0.3) is 0 Å². The molecular formula is C14H24O3. The van der Waals surface area contributed by atoms with E-state index in [0.717, 1.165) is 32.1 Å². The summed E-state index contributed by atoms with van der Waals surface area (Å²) in [6, 6.07) is 0. The topological polar surface area (TPSA) is 43.4 Å². The Hall–Kier alpha value is -0.860. The molecule has 3 nitrogen and oxygen atoms in total. The summed E-state index contributed by atoms with van der Waals surface area (Å²) in [6.07, 6.45) is 4.92. The fraction of sp³-hybridized carbons (Fsp3) is 0.857. The van der Waals surface area contributed by atoms with Gasteiger partial charge in [-0.3, -0.25) is 9.59 Å². The molecule has 1 aliphatic carbocycles. The Bertz CT molecular complexity index is 273. The molecule has 98 valence electrons. The van der Waals surface area contributed by atoms with Crippen molar-refractivity contribution in [1.29, 1.82) is 0 Å². The summed E-state index contributed by atoms with van der Waals surface area (Å²) < 4.78 is 5.48. The third-order valence-corrected chi connectivity index (χ3v) is 3.59. The van der Waals surface area contributed by atoms with E-state index in [1.807, 2.05) is 6.92 Å². The van der Waals surface area contributed by atoms with Gasteiger partial charge >= 0.3 is 5.97 Å². The fourth-order valence-corrected chi connectivity index (χ4v) is 2.47. The number of unbranched alkanes of at least 4 members (excludes halogenated alkanes) is 1. The number of hydrogen-bond acceptors (Lipinski definition) is 3. The van der Waals surface area contributed by atoms with Crippen LogP contribution in [-0.2, 0) is 14.3 Å². The fourth-order valence-electron chi connectivity index (χ4n) is 2.47. The average molecular weight is 240 g/mol. The molecule has 1 aliphatic rings. The molecule has 0 unspecified atom stereocenters. The van der Waals surface area contributed by atoms with Crippen molar-refractivity contribution >= 4 is 11.8 Å². The molecule has 0 aliphatic heterocycles. The number of hydrogen-bond donors (Lipinski definition) is 0. The van der Waals surface area contributed by atoms with Gasteiger partial charge in [0, 0.05) is 6.42 Å². The van der Waals surface area contributed by atoms with Gasteiger partial charge in [-0.25, -0.2) is 0 Å². The molecule has 0 N–H and O–H groups in total. The Kier molecular flexibility index (Phi) is 5.66. The molecular weight excluding hydrogens is 216 g/mol. The molecule has 3 heteroatoms. The van der Waals surface area contributed by atoms with Crippen LogP contribution in [-0.4, -0.2) is 17.9 Å². The summed E-state index contributed by atoms with van der Waals surface area (Å²) in [5.74, 6) is 0.494. The highest BCUT2D eigenvalue weighted by Crippen LogP contribution is 2.31. The predicted molar refractivity (Wildman–Crippen MR) is 66.6 cm³/mol. The summed E-state index contributed by atoms with van der Waals surface area (Å²) in [5.41, 5.74) is 0. The van der Waals surface area contributed by atoms with Crippen LogP contribution in [0.1, 0.15) is 59.3 Å². The number of rotatable bonds is 5. The van der Waals surface area contributed by atoms with Crippen molar-refractivity contribution in [2.45, 2.75) is 65.4 Å². The zero-order valence-electron chi connectivity index (χ0n) is 11.2. The van der Waals surface area contributed by atoms with E-state index in [9.17, 15) is 9.59 Å². The zero-order valence-corrected chi connectivity index (χ0v) is 11.2. The lowest BCUT2D eigenvalue weighted by Gasteiger charge is -2.32. The molecule has 0 aromatic heterocycles. The maximum absolute atomic E-state index is 11.6. The van der Waals surface area contributed by atoms with Crippen LogP contribution in [0.4, 0.5) is 0 Å². The third kappa shape index (κ3) is 4.49. The first-order valence-corrected chi connectivity index (χ1v) is 6.74. The number of carbonyl (C=O) groups is 2. The first-order valence-electron chi connectivity index (χ1n) is 6.74. The van der Waals surface area contributed by atoms with E-state index in [4.69, 9.17) is 4.74 Å². The molecule has 0 saturated heterocycles. The van der Waals surface area contributed by atoms with Crippen LogP contribution in [0, 0.1) is 11.8 Å². The second-order valence-corrected chi connectivity index (χ2v) is 5.27. The highest BCUT2D eigenvalue weighted by molar-refractivity contribution is 5.79. The van der Waals surface area contributed by atoms with Crippen molar-refractivity contribution < 1.29 is 14.3 Å². The lowest BCUT2D eigenvalue weighted by Crippen LogP contribution is -2.36. The first-order chi connectivity index (χ1) is 8.04. The quantitative estimate of drug-likeness (QED) is 0.693. The Labute approximate surface area is 104 Å². The smallest absolute Gasteiger partial charge is 0.306 e. The molecule has 17 heavy (non-hydrogen) atoms. The third-order valence-electron chi connectivity index (χ3n) is 3.59. The summed E-state index contributed by atoms with van der Waals surface area (Å²) in [7, 11) is 0. The van der Waals surface area contributed by atoms with Crippen molar-refractivity contribution in [3.05, 3.63) is 0 Å². The Morgan fingerprint density at radius 3 is 2.59 bits per heavy atom. The average Bonchev–Trinajstić information content (AvgIpc) is 2.26. The van der Waals surface area contributed by atoms with E-state index in [1.165, 1.54) is 0 Å². The van der Waals surface area contributed by atoms with E-state index in [0.29, 0.717) is 12.3 Å². The molecule has 0 bridgehead atoms. The van der Waals surface area contributed by atoms with Crippen LogP contribution in [0.15, 0.2) is 0 Å². The van der Waals surface area contributed by atoms with Gasteiger partial charge in [0.15, 0.2) is 0 Å². The van der Waals surface area contributed by atoms with Crippen LogP contribution in [0.5, 0.6) is 0 Å². The maximum atomic E-state index is 11.6. The molecule has 1 saturated carbocycles. The van der Waals surface area contributed by atoms with Crippen LogP contribution >= 0.6 is 0 Å². The minimum atomic E-state index is -0.180. The van der Waals surface area contributed by atoms with Crippen molar-refractivity contribution in [1.82, 2.24) is 0 Å². The van der Waals surface area contributed by atoms with Gasteiger partial charge in [-0.15, -0.1) is 0 Å². The minimum absolute atomic E-state index is 0.0724. The molecule has 1 rings (SSSR count). The second-order valence-electron chi connectivity index (χ2n) is 5.27. The lowest BCUT2D eigenvalue weighted by atomic mass is 9.79. The molecule has 0 amide bonds. The van der Waals surface area contributed by atoms with E-state index < -0.39 is 0 Å². The number of Topliss-reactive ketones (excluding diaryl/α,β-unsaturated/α-hetero) is 1. The summed E-state index contributed by atoms with van der Waals surface area (Å²) in [6.45, 7) is 5.81. The monoisotopic (exact) mass is 240 g/mol. The Morgan fingerprint density at radius 2 is 2.00 bits per heavy atom. The van der Waals surface area contributed by atoms with E-state index in [-0.39, 0.29) is 23.8 Å². The van der Waals surface area contributed by atoms with Crippen LogP contribution in [0.3, 0.4) is 0 Å². The number of carbonyl (C=O) groups excluding carboxylic acids is 2. The zero-order chi connectivity index (χ0) is 12.8. The standard InChI is InChI=1S/C14H24O3/c1-4-5-6-14(16)17-13-9-10(2)7-8-12(13)11(3)15/h10,12-13H,4-9H2,1-3H3/t10-,12+,13-/m1/s1. The van der Waals surface area contributed by atoms with E-state index in [2.05, 4.69) is 6.92 Å². The van der Waals surface area contributed by atoms with Crippen LogP contribution in [0.25, 0.3) is 0 Å². The highest BCUT2D eigenvalue weighted by Gasteiger charge is 2.34. The summed E-state index contributed by atoms with van der Waals surface area (Å²) in [5, 5.41) is 0. The molecule has 0 radical (unpaired) electrons. The van der Waals surface area contributed by atoms with E-state index >= 15 is 0 Å². The molecule has 0 heterocycles. The van der Waals surface area contributed by atoms with Gasteiger partial charge in [0.2, 0.25) is 0 Å². The minimum Gasteiger partial charge on any atom is -0.462 e. The number of esters is 1. The molecule has 0 aromatic carbocycles. The van der Waals surface area contributed by atoms with Gasteiger partial charge in [0.1, 0.15) is 11.9 Å². The molecule has 1 fully saturated rings. The SMILES string of the molecule is CCCCC(=O)O[C@@H]1C[C@H](C)CC[C@H]1C(C)=O. The van der Waals surface area contributed by atoms with Gasteiger partial charge in [-0.05, 0) is 38.5 Å². The van der Waals surface area contributed by atoms with Gasteiger partial charge in [-0.2, -0.15) is 0 Å². The maximum Gasteiger partial charge on any atom is 0.306 e. The largest absolute Gasteiger partial charge is 0.462 e. The van der Waals surface area contributed by atoms with Crippen LogP contribution in [0.2, 0.25) is 0 Å². The Morgan fingerprint density at radius 1 is 1.29 bits per heavy atom. The van der Waals surface area contributed by atoms with Crippen molar-refractivity contribution in [3.8, 4) is 0 Å².